The van der Waals surface area contributed by atoms with E-state index in [2.05, 4.69) is 10.2 Å². The van der Waals surface area contributed by atoms with E-state index in [9.17, 15) is 9.59 Å². The Balaban J connectivity index is 1.45. The third-order valence-electron chi connectivity index (χ3n) is 4.99. The highest BCUT2D eigenvalue weighted by Gasteiger charge is 2.34. The number of nitrogens with zero attached hydrogens (tertiary/aromatic N) is 2. The number of carbonyl (C=O) groups excluding carboxylic acids is 2. The molecule has 2 aromatic rings. The van der Waals surface area contributed by atoms with Crippen LogP contribution in [0.5, 0.6) is 0 Å². The van der Waals surface area contributed by atoms with Crippen molar-refractivity contribution in [3.63, 3.8) is 0 Å². The van der Waals surface area contributed by atoms with Crippen molar-refractivity contribution in [3.8, 4) is 0 Å². The maximum absolute atomic E-state index is 12.9. The van der Waals surface area contributed by atoms with Crippen LogP contribution in [0.25, 0.3) is 0 Å². The quantitative estimate of drug-likeness (QED) is 0.881. The molecule has 1 aliphatic heterocycles. The molecule has 2 fully saturated rings. The second kappa shape index (κ2) is 7.60. The van der Waals surface area contributed by atoms with Crippen molar-refractivity contribution in [2.75, 3.05) is 26.2 Å². The van der Waals surface area contributed by atoms with Gasteiger partial charge in [0, 0.05) is 32.2 Å². The summed E-state index contributed by atoms with van der Waals surface area (Å²) < 4.78 is 0. The van der Waals surface area contributed by atoms with Gasteiger partial charge in [0.05, 0.1) is 4.88 Å². The molecule has 136 valence electrons. The number of carbonyl (C=O) groups is 2. The Morgan fingerprint density at radius 2 is 1.73 bits per heavy atom. The zero-order chi connectivity index (χ0) is 17.9. The van der Waals surface area contributed by atoms with Crippen molar-refractivity contribution in [2.24, 2.45) is 0 Å². The Bertz CT molecular complexity index is 751. The van der Waals surface area contributed by atoms with Crippen molar-refractivity contribution in [3.05, 3.63) is 58.3 Å². The van der Waals surface area contributed by atoms with Crippen LogP contribution in [0.3, 0.4) is 0 Å². The number of rotatable bonds is 5. The molecular formula is C20H23N3O2S. The Morgan fingerprint density at radius 3 is 2.35 bits per heavy atom. The summed E-state index contributed by atoms with van der Waals surface area (Å²) >= 11 is 1.48. The van der Waals surface area contributed by atoms with Crippen LogP contribution in [-0.2, 0) is 4.79 Å². The molecule has 1 saturated carbocycles. The van der Waals surface area contributed by atoms with Gasteiger partial charge in [0.1, 0.15) is 6.04 Å². The van der Waals surface area contributed by atoms with Gasteiger partial charge in [0.2, 0.25) is 5.91 Å². The van der Waals surface area contributed by atoms with Gasteiger partial charge in [-0.3, -0.25) is 14.5 Å². The van der Waals surface area contributed by atoms with E-state index in [4.69, 9.17) is 0 Å². The molecule has 1 N–H and O–H groups in total. The molecule has 2 aliphatic rings. The summed E-state index contributed by atoms with van der Waals surface area (Å²) in [6.45, 7) is 2.71. The Morgan fingerprint density at radius 1 is 1.00 bits per heavy atom. The zero-order valence-corrected chi connectivity index (χ0v) is 15.5. The van der Waals surface area contributed by atoms with Crippen LogP contribution in [0.1, 0.15) is 34.1 Å². The maximum atomic E-state index is 12.9. The maximum Gasteiger partial charge on any atom is 0.264 e. The number of benzene rings is 1. The van der Waals surface area contributed by atoms with E-state index >= 15 is 0 Å². The van der Waals surface area contributed by atoms with Gasteiger partial charge in [0.15, 0.2) is 0 Å². The molecule has 0 bridgehead atoms. The van der Waals surface area contributed by atoms with Crippen LogP contribution < -0.4 is 5.32 Å². The topological polar surface area (TPSA) is 52.7 Å². The van der Waals surface area contributed by atoms with Crippen LogP contribution in [0.2, 0.25) is 0 Å². The number of amides is 2. The molecule has 1 saturated heterocycles. The van der Waals surface area contributed by atoms with Crippen LogP contribution in [0.15, 0.2) is 47.8 Å². The second-order valence-corrected chi connectivity index (χ2v) is 7.85. The fraction of sp³-hybridized carbons (Fsp3) is 0.400. The van der Waals surface area contributed by atoms with Gasteiger partial charge in [-0.05, 0) is 29.9 Å². The minimum atomic E-state index is -0.282. The standard InChI is InChI=1S/C20H23N3O2S/c24-19(21-16-8-9-16)18(15-5-2-1-3-6-15)22-10-12-23(13-11-22)20(25)17-7-4-14-26-17/h1-7,14,16,18H,8-13H2,(H,21,24). The van der Waals surface area contributed by atoms with E-state index in [1.165, 1.54) is 11.3 Å². The minimum Gasteiger partial charge on any atom is -0.352 e. The van der Waals surface area contributed by atoms with Crippen molar-refractivity contribution >= 4 is 23.2 Å². The van der Waals surface area contributed by atoms with Gasteiger partial charge < -0.3 is 10.2 Å². The van der Waals surface area contributed by atoms with Gasteiger partial charge in [-0.25, -0.2) is 0 Å². The highest BCUT2D eigenvalue weighted by molar-refractivity contribution is 7.12. The van der Waals surface area contributed by atoms with Crippen molar-refractivity contribution in [2.45, 2.75) is 24.9 Å². The zero-order valence-electron chi connectivity index (χ0n) is 14.6. The number of nitrogens with one attached hydrogen (secondary N) is 1. The van der Waals surface area contributed by atoms with E-state index in [1.807, 2.05) is 52.7 Å². The summed E-state index contributed by atoms with van der Waals surface area (Å²) in [5, 5.41) is 5.07. The molecule has 1 aliphatic carbocycles. The lowest BCUT2D eigenvalue weighted by Gasteiger charge is -2.38. The normalized spacial score (nSPS) is 19.2. The van der Waals surface area contributed by atoms with Gasteiger partial charge in [-0.1, -0.05) is 36.4 Å². The lowest BCUT2D eigenvalue weighted by molar-refractivity contribution is -0.127. The van der Waals surface area contributed by atoms with Crippen molar-refractivity contribution in [1.82, 2.24) is 15.1 Å². The summed E-state index contributed by atoms with van der Waals surface area (Å²) in [6, 6.07) is 13.8. The van der Waals surface area contributed by atoms with Crippen LogP contribution in [0.4, 0.5) is 0 Å². The molecule has 1 aromatic heterocycles. The second-order valence-electron chi connectivity index (χ2n) is 6.90. The molecule has 0 radical (unpaired) electrons. The first-order valence-electron chi connectivity index (χ1n) is 9.14. The smallest absolute Gasteiger partial charge is 0.264 e. The molecule has 1 aromatic carbocycles. The number of piperazine rings is 1. The van der Waals surface area contributed by atoms with Crippen LogP contribution in [-0.4, -0.2) is 53.8 Å². The monoisotopic (exact) mass is 369 g/mol. The average Bonchev–Trinajstić information content (AvgIpc) is 3.31. The van der Waals surface area contributed by atoms with E-state index in [-0.39, 0.29) is 17.9 Å². The first kappa shape index (κ1) is 17.2. The van der Waals surface area contributed by atoms with Crippen LogP contribution in [0, 0.1) is 0 Å². The summed E-state index contributed by atoms with van der Waals surface area (Å²) in [5.74, 6) is 0.176. The molecule has 4 rings (SSSR count). The van der Waals surface area contributed by atoms with E-state index < -0.39 is 0 Å². The summed E-state index contributed by atoms with van der Waals surface area (Å²) in [5.41, 5.74) is 1.02. The van der Waals surface area contributed by atoms with Gasteiger partial charge in [-0.15, -0.1) is 11.3 Å². The molecular weight excluding hydrogens is 346 g/mol. The number of hydrogen-bond donors (Lipinski definition) is 1. The predicted molar refractivity (Wildman–Crippen MR) is 102 cm³/mol. The third kappa shape index (κ3) is 3.81. The van der Waals surface area contributed by atoms with E-state index in [0.29, 0.717) is 32.2 Å². The first-order valence-corrected chi connectivity index (χ1v) is 10.0. The SMILES string of the molecule is O=C(NC1CC1)C(c1ccccc1)N1CCN(C(=O)c2cccs2)CC1. The number of hydrogen-bond acceptors (Lipinski definition) is 4. The van der Waals surface area contributed by atoms with Crippen molar-refractivity contribution < 1.29 is 9.59 Å². The summed E-state index contributed by atoms with van der Waals surface area (Å²) in [4.78, 5) is 30.3. The fourth-order valence-corrected chi connectivity index (χ4v) is 4.10. The van der Waals surface area contributed by atoms with Crippen molar-refractivity contribution in [1.29, 1.82) is 0 Å². The number of thiophene rings is 1. The molecule has 26 heavy (non-hydrogen) atoms. The Kier molecular flexibility index (Phi) is 5.04. The minimum absolute atomic E-state index is 0.0803. The Hall–Kier alpha value is -2.18. The third-order valence-corrected chi connectivity index (χ3v) is 5.84. The van der Waals surface area contributed by atoms with E-state index in [1.54, 1.807) is 0 Å². The average molecular weight is 369 g/mol. The fourth-order valence-electron chi connectivity index (χ4n) is 3.41. The first-order chi connectivity index (χ1) is 12.7. The van der Waals surface area contributed by atoms with E-state index in [0.717, 1.165) is 23.3 Å². The summed E-state index contributed by atoms with van der Waals surface area (Å²) in [7, 11) is 0. The van der Waals surface area contributed by atoms with Gasteiger partial charge in [-0.2, -0.15) is 0 Å². The highest BCUT2D eigenvalue weighted by atomic mass is 32.1. The van der Waals surface area contributed by atoms with Gasteiger partial charge in [0.25, 0.3) is 5.91 Å². The molecule has 2 heterocycles. The van der Waals surface area contributed by atoms with Crippen LogP contribution >= 0.6 is 11.3 Å². The predicted octanol–water partition coefficient (Wildman–Crippen LogP) is 2.53. The highest BCUT2D eigenvalue weighted by Crippen LogP contribution is 2.26. The molecule has 1 unspecified atom stereocenters. The molecule has 5 nitrogen and oxygen atoms in total. The molecule has 6 heteroatoms. The molecule has 0 spiro atoms. The lowest BCUT2D eigenvalue weighted by Crippen LogP contribution is -2.52. The van der Waals surface area contributed by atoms with Gasteiger partial charge >= 0.3 is 0 Å². The molecule has 1 atom stereocenters. The lowest BCUT2D eigenvalue weighted by atomic mass is 10.0. The largest absolute Gasteiger partial charge is 0.352 e. The molecule has 2 amide bonds. The summed E-state index contributed by atoms with van der Waals surface area (Å²) in [6.07, 6.45) is 2.16. The Labute approximate surface area is 157 Å².